The molecule has 2 N–H and O–H groups in total. The Labute approximate surface area is 108 Å². The fourth-order valence-corrected chi connectivity index (χ4v) is 2.00. The zero-order chi connectivity index (χ0) is 13.0. The lowest BCUT2D eigenvalue weighted by Crippen LogP contribution is -2.31. The second kappa shape index (κ2) is 5.87. The first-order chi connectivity index (χ1) is 8.65. The minimum absolute atomic E-state index is 0.0852. The monoisotopic (exact) mass is 248 g/mol. The SMILES string of the molecule is CC(C)NC(=O)CCNc1ccc2c(c1)COC2. The molecule has 1 amide bonds. The van der Waals surface area contributed by atoms with Gasteiger partial charge in [-0.2, -0.15) is 0 Å². The van der Waals surface area contributed by atoms with Crippen molar-refractivity contribution in [3.8, 4) is 0 Å². The van der Waals surface area contributed by atoms with Crippen molar-refractivity contribution in [3.63, 3.8) is 0 Å². The van der Waals surface area contributed by atoms with Crippen LogP contribution in [0.1, 0.15) is 31.4 Å². The summed E-state index contributed by atoms with van der Waals surface area (Å²) in [6, 6.07) is 6.42. The molecule has 1 aromatic carbocycles. The fraction of sp³-hybridized carbons (Fsp3) is 0.500. The third-order valence-electron chi connectivity index (χ3n) is 2.85. The third kappa shape index (κ3) is 3.47. The van der Waals surface area contributed by atoms with Crippen LogP contribution in [-0.4, -0.2) is 18.5 Å². The first-order valence-corrected chi connectivity index (χ1v) is 6.38. The van der Waals surface area contributed by atoms with Crippen molar-refractivity contribution in [1.29, 1.82) is 0 Å². The van der Waals surface area contributed by atoms with Gasteiger partial charge in [-0.15, -0.1) is 0 Å². The molecule has 18 heavy (non-hydrogen) atoms. The fourth-order valence-electron chi connectivity index (χ4n) is 2.00. The number of benzene rings is 1. The smallest absolute Gasteiger partial charge is 0.221 e. The summed E-state index contributed by atoms with van der Waals surface area (Å²) < 4.78 is 5.36. The van der Waals surface area contributed by atoms with E-state index in [4.69, 9.17) is 4.74 Å². The number of rotatable bonds is 5. The summed E-state index contributed by atoms with van der Waals surface area (Å²) in [5, 5.41) is 6.13. The molecule has 0 spiro atoms. The van der Waals surface area contributed by atoms with Gasteiger partial charge in [0.15, 0.2) is 0 Å². The highest BCUT2D eigenvalue weighted by atomic mass is 16.5. The Morgan fingerprint density at radius 1 is 1.33 bits per heavy atom. The van der Waals surface area contributed by atoms with Crippen LogP contribution in [0.4, 0.5) is 5.69 Å². The molecule has 0 unspecified atom stereocenters. The van der Waals surface area contributed by atoms with Crippen LogP contribution in [0.2, 0.25) is 0 Å². The molecule has 1 aromatic rings. The summed E-state index contributed by atoms with van der Waals surface area (Å²) in [7, 11) is 0. The Balaban J connectivity index is 1.78. The highest BCUT2D eigenvalue weighted by Gasteiger charge is 2.11. The number of ether oxygens (including phenoxy) is 1. The minimum atomic E-state index is 0.0852. The Kier molecular flexibility index (Phi) is 4.20. The van der Waals surface area contributed by atoms with Crippen LogP contribution >= 0.6 is 0 Å². The molecular formula is C14H20N2O2. The molecule has 0 bridgehead atoms. The first kappa shape index (κ1) is 12.9. The number of hydrogen-bond donors (Lipinski definition) is 2. The molecule has 2 rings (SSSR count). The van der Waals surface area contributed by atoms with Gasteiger partial charge in [0.2, 0.25) is 5.91 Å². The van der Waals surface area contributed by atoms with E-state index in [1.54, 1.807) is 0 Å². The number of nitrogens with one attached hydrogen (secondary N) is 2. The van der Waals surface area contributed by atoms with E-state index in [2.05, 4.69) is 22.8 Å². The lowest BCUT2D eigenvalue weighted by Gasteiger charge is -2.10. The highest BCUT2D eigenvalue weighted by molar-refractivity contribution is 5.76. The molecule has 0 fully saturated rings. The molecule has 1 heterocycles. The zero-order valence-electron chi connectivity index (χ0n) is 11.0. The average Bonchev–Trinajstić information content (AvgIpc) is 2.75. The number of anilines is 1. The Morgan fingerprint density at radius 3 is 2.89 bits per heavy atom. The summed E-state index contributed by atoms with van der Waals surface area (Å²) in [6.07, 6.45) is 0.492. The topological polar surface area (TPSA) is 50.4 Å². The molecular weight excluding hydrogens is 228 g/mol. The van der Waals surface area contributed by atoms with Crippen molar-refractivity contribution >= 4 is 11.6 Å². The normalized spacial score (nSPS) is 13.5. The van der Waals surface area contributed by atoms with Gasteiger partial charge < -0.3 is 15.4 Å². The Morgan fingerprint density at radius 2 is 2.11 bits per heavy atom. The molecule has 1 aliphatic rings. The lowest BCUT2D eigenvalue weighted by molar-refractivity contribution is -0.121. The van der Waals surface area contributed by atoms with E-state index in [9.17, 15) is 4.79 Å². The maximum absolute atomic E-state index is 11.5. The van der Waals surface area contributed by atoms with E-state index in [1.165, 1.54) is 11.1 Å². The third-order valence-corrected chi connectivity index (χ3v) is 2.85. The van der Waals surface area contributed by atoms with E-state index in [-0.39, 0.29) is 11.9 Å². The lowest BCUT2D eigenvalue weighted by atomic mass is 10.1. The van der Waals surface area contributed by atoms with Crippen LogP contribution in [0.5, 0.6) is 0 Å². The molecule has 0 aliphatic carbocycles. The molecule has 4 heteroatoms. The van der Waals surface area contributed by atoms with Gasteiger partial charge in [0.25, 0.3) is 0 Å². The summed E-state index contributed by atoms with van der Waals surface area (Å²) in [6.45, 7) is 5.99. The summed E-state index contributed by atoms with van der Waals surface area (Å²) in [5.41, 5.74) is 3.56. The zero-order valence-corrected chi connectivity index (χ0v) is 11.0. The van der Waals surface area contributed by atoms with Gasteiger partial charge in [0.1, 0.15) is 0 Å². The maximum Gasteiger partial charge on any atom is 0.221 e. The van der Waals surface area contributed by atoms with E-state index in [1.807, 2.05) is 19.9 Å². The largest absolute Gasteiger partial charge is 0.385 e. The quantitative estimate of drug-likeness (QED) is 0.838. The van der Waals surface area contributed by atoms with Gasteiger partial charge in [-0.3, -0.25) is 4.79 Å². The summed E-state index contributed by atoms with van der Waals surface area (Å²) in [4.78, 5) is 11.5. The van der Waals surface area contributed by atoms with Crippen LogP contribution in [-0.2, 0) is 22.7 Å². The molecule has 0 radical (unpaired) electrons. The van der Waals surface area contributed by atoms with Crippen LogP contribution in [0.25, 0.3) is 0 Å². The summed E-state index contributed by atoms with van der Waals surface area (Å²) >= 11 is 0. The molecule has 98 valence electrons. The molecule has 0 saturated carbocycles. The number of fused-ring (bicyclic) bond motifs is 1. The van der Waals surface area contributed by atoms with Gasteiger partial charge in [0.05, 0.1) is 13.2 Å². The van der Waals surface area contributed by atoms with Crippen molar-refractivity contribution in [2.24, 2.45) is 0 Å². The van der Waals surface area contributed by atoms with E-state index < -0.39 is 0 Å². The van der Waals surface area contributed by atoms with Crippen LogP contribution in [0.15, 0.2) is 18.2 Å². The molecule has 0 aromatic heterocycles. The van der Waals surface area contributed by atoms with Crippen LogP contribution < -0.4 is 10.6 Å². The van der Waals surface area contributed by atoms with Gasteiger partial charge in [-0.1, -0.05) is 6.07 Å². The average molecular weight is 248 g/mol. The van der Waals surface area contributed by atoms with Crippen molar-refractivity contribution in [2.75, 3.05) is 11.9 Å². The molecule has 0 saturated heterocycles. The van der Waals surface area contributed by atoms with Crippen molar-refractivity contribution < 1.29 is 9.53 Å². The van der Waals surface area contributed by atoms with Crippen molar-refractivity contribution in [3.05, 3.63) is 29.3 Å². The highest BCUT2D eigenvalue weighted by Crippen LogP contribution is 2.22. The number of hydrogen-bond acceptors (Lipinski definition) is 3. The second-order valence-corrected chi connectivity index (χ2v) is 4.88. The van der Waals surface area contributed by atoms with Crippen LogP contribution in [0, 0.1) is 0 Å². The number of amides is 1. The summed E-state index contributed by atoms with van der Waals surface area (Å²) in [5.74, 6) is 0.0852. The van der Waals surface area contributed by atoms with Crippen molar-refractivity contribution in [2.45, 2.75) is 39.5 Å². The first-order valence-electron chi connectivity index (χ1n) is 6.38. The number of carbonyl (C=O) groups excluding carboxylic acids is 1. The second-order valence-electron chi connectivity index (χ2n) is 4.88. The Hall–Kier alpha value is -1.55. The predicted molar refractivity (Wildman–Crippen MR) is 71.3 cm³/mol. The standard InChI is InChI=1S/C14H20N2O2/c1-10(2)16-14(17)5-6-15-13-4-3-11-8-18-9-12(11)7-13/h3-4,7,10,15H,5-6,8-9H2,1-2H3,(H,16,17). The van der Waals surface area contributed by atoms with E-state index >= 15 is 0 Å². The van der Waals surface area contributed by atoms with E-state index in [0.29, 0.717) is 26.2 Å². The van der Waals surface area contributed by atoms with Crippen LogP contribution in [0.3, 0.4) is 0 Å². The van der Waals surface area contributed by atoms with Gasteiger partial charge in [0, 0.05) is 24.7 Å². The molecule has 4 nitrogen and oxygen atoms in total. The van der Waals surface area contributed by atoms with Gasteiger partial charge >= 0.3 is 0 Å². The maximum atomic E-state index is 11.5. The van der Waals surface area contributed by atoms with Gasteiger partial charge in [-0.25, -0.2) is 0 Å². The van der Waals surface area contributed by atoms with Gasteiger partial charge in [-0.05, 0) is 37.1 Å². The molecule has 1 aliphatic heterocycles. The number of carbonyl (C=O) groups is 1. The molecule has 0 atom stereocenters. The van der Waals surface area contributed by atoms with Crippen molar-refractivity contribution in [1.82, 2.24) is 5.32 Å². The minimum Gasteiger partial charge on any atom is -0.385 e. The predicted octanol–water partition coefficient (Wildman–Crippen LogP) is 2.04. The van der Waals surface area contributed by atoms with E-state index in [0.717, 1.165) is 5.69 Å². The Bertz CT molecular complexity index is 430.